The van der Waals surface area contributed by atoms with Crippen LogP contribution < -0.4 is 5.32 Å². The number of aryl methyl sites for hydroxylation is 1. The Bertz CT molecular complexity index is 247. The van der Waals surface area contributed by atoms with Gasteiger partial charge in [0.05, 0.1) is 12.3 Å². The van der Waals surface area contributed by atoms with Gasteiger partial charge in [-0.2, -0.15) is 5.10 Å². The van der Waals surface area contributed by atoms with Gasteiger partial charge in [-0.1, -0.05) is 6.92 Å². The molecule has 0 saturated carbocycles. The van der Waals surface area contributed by atoms with Crippen LogP contribution in [0.4, 0.5) is 0 Å². The fourth-order valence-corrected chi connectivity index (χ4v) is 1.31. The van der Waals surface area contributed by atoms with E-state index in [4.69, 9.17) is 4.74 Å². The molecule has 0 aliphatic rings. The minimum absolute atomic E-state index is 0.752. The van der Waals surface area contributed by atoms with E-state index in [0.29, 0.717) is 0 Å². The third-order valence-electron chi connectivity index (χ3n) is 2.03. The molecule has 0 saturated heterocycles. The summed E-state index contributed by atoms with van der Waals surface area (Å²) in [7, 11) is 1.71. The van der Waals surface area contributed by atoms with Crippen molar-refractivity contribution in [3.63, 3.8) is 0 Å². The number of nitrogens with zero attached hydrogens (tertiary/aromatic N) is 2. The minimum Gasteiger partial charge on any atom is -0.383 e. The van der Waals surface area contributed by atoms with E-state index in [1.807, 2.05) is 10.9 Å². The molecule has 0 fully saturated rings. The molecule has 0 spiro atoms. The highest BCUT2D eigenvalue weighted by atomic mass is 16.5. The Balaban J connectivity index is 2.30. The van der Waals surface area contributed by atoms with Gasteiger partial charge < -0.3 is 10.1 Å². The average Bonchev–Trinajstić information content (AvgIpc) is 2.61. The van der Waals surface area contributed by atoms with Gasteiger partial charge in [0.15, 0.2) is 0 Å². The molecule has 80 valence electrons. The third-order valence-corrected chi connectivity index (χ3v) is 2.03. The summed E-state index contributed by atoms with van der Waals surface area (Å²) in [5, 5.41) is 7.55. The molecule has 0 aromatic carbocycles. The van der Waals surface area contributed by atoms with Crippen molar-refractivity contribution in [2.24, 2.45) is 0 Å². The summed E-state index contributed by atoms with van der Waals surface area (Å²) in [6.45, 7) is 5.65. The van der Waals surface area contributed by atoms with Gasteiger partial charge >= 0.3 is 0 Å². The number of aromatic nitrogens is 2. The first-order valence-electron chi connectivity index (χ1n) is 5.08. The summed E-state index contributed by atoms with van der Waals surface area (Å²) >= 11 is 0. The number of nitrogens with one attached hydrogen (secondary N) is 1. The van der Waals surface area contributed by atoms with Gasteiger partial charge in [0, 0.05) is 32.9 Å². The molecule has 1 rings (SSSR count). The first kappa shape index (κ1) is 11.2. The number of hydrogen-bond acceptors (Lipinski definition) is 3. The molecule has 1 aromatic heterocycles. The van der Waals surface area contributed by atoms with E-state index >= 15 is 0 Å². The van der Waals surface area contributed by atoms with Gasteiger partial charge in [-0.3, -0.25) is 4.68 Å². The second-order valence-corrected chi connectivity index (χ2v) is 3.22. The van der Waals surface area contributed by atoms with E-state index in [1.54, 1.807) is 7.11 Å². The standard InChI is InChI=1S/C10H19N3O/c1-3-7-13-10(4-5-12-13)9-11-6-8-14-2/h4-5,11H,3,6-9H2,1-2H3. The van der Waals surface area contributed by atoms with E-state index in [-0.39, 0.29) is 0 Å². The Morgan fingerprint density at radius 3 is 3.14 bits per heavy atom. The molecule has 0 aliphatic carbocycles. The zero-order chi connectivity index (χ0) is 10.2. The van der Waals surface area contributed by atoms with Crippen LogP contribution in [0.2, 0.25) is 0 Å². The second kappa shape index (κ2) is 6.56. The normalized spacial score (nSPS) is 10.7. The maximum absolute atomic E-state index is 4.95. The van der Waals surface area contributed by atoms with E-state index in [1.165, 1.54) is 5.69 Å². The number of rotatable bonds is 7. The van der Waals surface area contributed by atoms with E-state index < -0.39 is 0 Å². The molecule has 14 heavy (non-hydrogen) atoms. The first-order valence-corrected chi connectivity index (χ1v) is 5.08. The summed E-state index contributed by atoms with van der Waals surface area (Å²) in [6.07, 6.45) is 2.97. The fourth-order valence-electron chi connectivity index (χ4n) is 1.31. The van der Waals surface area contributed by atoms with Crippen LogP contribution in [-0.2, 0) is 17.8 Å². The molecule has 0 bridgehead atoms. The van der Waals surface area contributed by atoms with Crippen LogP contribution in [-0.4, -0.2) is 30.0 Å². The first-order chi connectivity index (χ1) is 6.88. The molecule has 1 aromatic rings. The van der Waals surface area contributed by atoms with Gasteiger partial charge in [0.1, 0.15) is 0 Å². The van der Waals surface area contributed by atoms with E-state index in [0.717, 1.165) is 32.7 Å². The van der Waals surface area contributed by atoms with Crippen molar-refractivity contribution < 1.29 is 4.74 Å². The monoisotopic (exact) mass is 197 g/mol. The Morgan fingerprint density at radius 2 is 2.43 bits per heavy atom. The lowest BCUT2D eigenvalue weighted by atomic mass is 10.4. The van der Waals surface area contributed by atoms with Crippen molar-refractivity contribution in [2.75, 3.05) is 20.3 Å². The highest BCUT2D eigenvalue weighted by molar-refractivity contribution is 4.99. The molecule has 0 atom stereocenters. The highest BCUT2D eigenvalue weighted by Gasteiger charge is 1.99. The number of ether oxygens (including phenoxy) is 1. The van der Waals surface area contributed by atoms with E-state index in [9.17, 15) is 0 Å². The van der Waals surface area contributed by atoms with Crippen LogP contribution in [0.25, 0.3) is 0 Å². The van der Waals surface area contributed by atoms with Gasteiger partial charge in [-0.05, 0) is 12.5 Å². The molecule has 0 aliphatic heterocycles. The smallest absolute Gasteiger partial charge is 0.0587 e. The lowest BCUT2D eigenvalue weighted by molar-refractivity contribution is 0.199. The molecule has 0 amide bonds. The maximum atomic E-state index is 4.95. The SMILES string of the molecule is CCCn1nccc1CNCCOC. The molecular formula is C10H19N3O. The largest absolute Gasteiger partial charge is 0.383 e. The second-order valence-electron chi connectivity index (χ2n) is 3.22. The maximum Gasteiger partial charge on any atom is 0.0587 e. The minimum atomic E-state index is 0.752. The number of hydrogen-bond donors (Lipinski definition) is 1. The van der Waals surface area contributed by atoms with Crippen LogP contribution in [0, 0.1) is 0 Å². The van der Waals surface area contributed by atoms with Crippen molar-refractivity contribution in [2.45, 2.75) is 26.4 Å². The van der Waals surface area contributed by atoms with Crippen molar-refractivity contribution >= 4 is 0 Å². The van der Waals surface area contributed by atoms with Crippen LogP contribution in [0.3, 0.4) is 0 Å². The molecule has 4 nitrogen and oxygen atoms in total. The van der Waals surface area contributed by atoms with Gasteiger partial charge in [-0.25, -0.2) is 0 Å². The van der Waals surface area contributed by atoms with Gasteiger partial charge in [0.2, 0.25) is 0 Å². The quantitative estimate of drug-likeness (QED) is 0.664. The predicted molar refractivity (Wildman–Crippen MR) is 56.1 cm³/mol. The highest BCUT2D eigenvalue weighted by Crippen LogP contribution is 1.99. The van der Waals surface area contributed by atoms with Crippen LogP contribution in [0.5, 0.6) is 0 Å². The third kappa shape index (κ3) is 3.47. The molecular weight excluding hydrogens is 178 g/mol. The lowest BCUT2D eigenvalue weighted by Gasteiger charge is -2.07. The van der Waals surface area contributed by atoms with Crippen LogP contribution >= 0.6 is 0 Å². The van der Waals surface area contributed by atoms with Crippen LogP contribution in [0.1, 0.15) is 19.0 Å². The summed E-state index contributed by atoms with van der Waals surface area (Å²) < 4.78 is 7.00. The summed E-state index contributed by atoms with van der Waals surface area (Å²) in [4.78, 5) is 0. The van der Waals surface area contributed by atoms with Gasteiger partial charge in [-0.15, -0.1) is 0 Å². The summed E-state index contributed by atoms with van der Waals surface area (Å²) in [5.74, 6) is 0. The molecule has 1 heterocycles. The molecule has 1 N–H and O–H groups in total. The Hall–Kier alpha value is -0.870. The van der Waals surface area contributed by atoms with Crippen molar-refractivity contribution in [1.29, 1.82) is 0 Å². The zero-order valence-electron chi connectivity index (χ0n) is 8.99. The molecule has 0 unspecified atom stereocenters. The van der Waals surface area contributed by atoms with Crippen LogP contribution in [0.15, 0.2) is 12.3 Å². The van der Waals surface area contributed by atoms with Crippen molar-refractivity contribution in [1.82, 2.24) is 15.1 Å². The summed E-state index contributed by atoms with van der Waals surface area (Å²) in [5.41, 5.74) is 1.24. The molecule has 4 heteroatoms. The predicted octanol–water partition coefficient (Wildman–Crippen LogP) is 1.03. The Morgan fingerprint density at radius 1 is 1.57 bits per heavy atom. The topological polar surface area (TPSA) is 39.1 Å². The zero-order valence-corrected chi connectivity index (χ0v) is 8.99. The lowest BCUT2D eigenvalue weighted by Crippen LogP contribution is -2.20. The van der Waals surface area contributed by atoms with Crippen molar-refractivity contribution in [3.05, 3.63) is 18.0 Å². The number of methoxy groups -OCH3 is 1. The molecule has 0 radical (unpaired) electrons. The van der Waals surface area contributed by atoms with Crippen molar-refractivity contribution in [3.8, 4) is 0 Å². The Kier molecular flexibility index (Phi) is 5.25. The fraction of sp³-hybridized carbons (Fsp3) is 0.700. The van der Waals surface area contributed by atoms with E-state index in [2.05, 4.69) is 23.4 Å². The Labute approximate surface area is 85.3 Å². The van der Waals surface area contributed by atoms with Gasteiger partial charge in [0.25, 0.3) is 0 Å². The average molecular weight is 197 g/mol. The summed E-state index contributed by atoms with van der Waals surface area (Å²) in [6, 6.07) is 2.05.